The number of rotatable bonds is 4. The molecular weight excluding hydrogens is 264 g/mol. The molecule has 0 aromatic heterocycles. The number of alkyl halides is 2. The van der Waals surface area contributed by atoms with Gasteiger partial charge in [0.15, 0.2) is 11.5 Å². The molecule has 100 valence electrons. The minimum absolute atomic E-state index is 0. The van der Waals surface area contributed by atoms with E-state index >= 15 is 0 Å². The topological polar surface area (TPSA) is 44.5 Å². The van der Waals surface area contributed by atoms with Crippen molar-refractivity contribution in [2.75, 3.05) is 0 Å². The molecular formula is C12H14ClF2NO2. The number of benzene rings is 1. The number of ether oxygens (including phenoxy) is 2. The lowest BCUT2D eigenvalue weighted by Crippen LogP contribution is -2.26. The summed E-state index contributed by atoms with van der Waals surface area (Å²) in [4.78, 5) is 0. The molecule has 1 aromatic carbocycles. The molecule has 1 aliphatic rings. The van der Waals surface area contributed by atoms with Crippen molar-refractivity contribution >= 4 is 12.4 Å². The van der Waals surface area contributed by atoms with Gasteiger partial charge in [0.1, 0.15) is 0 Å². The monoisotopic (exact) mass is 277 g/mol. The van der Waals surface area contributed by atoms with Crippen LogP contribution >= 0.6 is 12.4 Å². The lowest BCUT2D eigenvalue weighted by Gasteiger charge is -2.13. The smallest absolute Gasteiger partial charge is 0.395 e. The molecule has 1 heterocycles. The lowest BCUT2D eigenvalue weighted by molar-refractivity contribution is -0.287. The Hall–Kier alpha value is -1.33. The van der Waals surface area contributed by atoms with Gasteiger partial charge in [-0.2, -0.15) is 0 Å². The number of hydrogen-bond donors (Lipinski definition) is 1. The van der Waals surface area contributed by atoms with Crippen molar-refractivity contribution < 1.29 is 18.3 Å². The minimum atomic E-state index is -3.60. The Morgan fingerprint density at radius 2 is 2.11 bits per heavy atom. The second-order valence-corrected chi connectivity index (χ2v) is 3.81. The quantitative estimate of drug-likeness (QED) is 0.858. The Morgan fingerprint density at radius 3 is 2.78 bits per heavy atom. The second kappa shape index (κ2) is 5.54. The molecule has 3 nitrogen and oxygen atoms in total. The summed E-state index contributed by atoms with van der Waals surface area (Å²) in [5, 5.41) is 0. The molecule has 2 N–H and O–H groups in total. The van der Waals surface area contributed by atoms with Crippen LogP contribution in [0.25, 0.3) is 0 Å². The van der Waals surface area contributed by atoms with E-state index in [1.54, 1.807) is 18.2 Å². The molecule has 0 radical (unpaired) electrons. The van der Waals surface area contributed by atoms with Crippen LogP contribution in [0.15, 0.2) is 30.9 Å². The third-order valence-corrected chi connectivity index (χ3v) is 2.54. The average Bonchev–Trinajstić information content (AvgIpc) is 2.59. The molecule has 18 heavy (non-hydrogen) atoms. The van der Waals surface area contributed by atoms with Gasteiger partial charge in [0.25, 0.3) is 0 Å². The molecule has 1 aromatic rings. The zero-order chi connectivity index (χ0) is 12.5. The van der Waals surface area contributed by atoms with Crippen LogP contribution in [0.1, 0.15) is 24.4 Å². The fourth-order valence-electron chi connectivity index (χ4n) is 1.73. The van der Waals surface area contributed by atoms with E-state index in [1.165, 1.54) is 6.07 Å². The van der Waals surface area contributed by atoms with Gasteiger partial charge in [-0.25, -0.2) is 0 Å². The lowest BCUT2D eigenvalue weighted by atomic mass is 10.0. The summed E-state index contributed by atoms with van der Waals surface area (Å²) in [5.41, 5.74) is 6.44. The second-order valence-electron chi connectivity index (χ2n) is 3.81. The summed E-state index contributed by atoms with van der Waals surface area (Å²) in [7, 11) is 0. The van der Waals surface area contributed by atoms with Crippen molar-refractivity contribution in [3.8, 4) is 11.5 Å². The van der Waals surface area contributed by atoms with E-state index in [4.69, 9.17) is 5.73 Å². The molecule has 1 atom stereocenters. The van der Waals surface area contributed by atoms with E-state index in [2.05, 4.69) is 16.1 Å². The van der Waals surface area contributed by atoms with Gasteiger partial charge in [-0.05, 0) is 18.9 Å². The first-order valence-corrected chi connectivity index (χ1v) is 5.29. The van der Waals surface area contributed by atoms with E-state index in [0.717, 1.165) is 0 Å². The predicted octanol–water partition coefficient (Wildman–Crippen LogP) is 3.40. The molecule has 0 unspecified atom stereocenters. The summed E-state index contributed by atoms with van der Waals surface area (Å²) in [6, 6.07) is 4.34. The van der Waals surface area contributed by atoms with Crippen molar-refractivity contribution in [2.45, 2.75) is 25.2 Å². The maximum atomic E-state index is 12.9. The van der Waals surface area contributed by atoms with Crippen molar-refractivity contribution in [1.82, 2.24) is 0 Å². The first kappa shape index (κ1) is 14.7. The standard InChI is InChI=1S/C12H13F2NO2.ClH/c1-2-3-6-9(15)8-5-4-7-10-11(8)17-12(13,14)16-10;/h2,4-5,7,9H,1,3,6,15H2;1H/t9-;/m0./s1. The van der Waals surface area contributed by atoms with Crippen molar-refractivity contribution in [1.29, 1.82) is 0 Å². The fourth-order valence-corrected chi connectivity index (χ4v) is 1.73. The molecule has 0 amide bonds. The van der Waals surface area contributed by atoms with Gasteiger partial charge in [0.2, 0.25) is 0 Å². The first-order chi connectivity index (χ1) is 8.03. The van der Waals surface area contributed by atoms with Crippen molar-refractivity contribution in [3.63, 3.8) is 0 Å². The normalized spacial score (nSPS) is 16.8. The third kappa shape index (κ3) is 2.91. The van der Waals surface area contributed by atoms with Crippen LogP contribution < -0.4 is 15.2 Å². The van der Waals surface area contributed by atoms with E-state index in [0.29, 0.717) is 18.4 Å². The summed E-state index contributed by atoms with van der Waals surface area (Å²) in [5.74, 6) is 0.0654. The third-order valence-electron chi connectivity index (χ3n) is 2.54. The molecule has 0 fully saturated rings. The van der Waals surface area contributed by atoms with Gasteiger partial charge in [0.05, 0.1) is 0 Å². The Balaban J connectivity index is 0.00000162. The number of halogens is 3. The number of nitrogens with two attached hydrogens (primary N) is 1. The molecule has 0 spiro atoms. The summed E-state index contributed by atoms with van der Waals surface area (Å²) in [6.07, 6.45) is -0.539. The molecule has 1 aliphatic heterocycles. The van der Waals surface area contributed by atoms with Crippen LogP contribution in [0.2, 0.25) is 0 Å². The highest BCUT2D eigenvalue weighted by molar-refractivity contribution is 5.85. The summed E-state index contributed by atoms with van der Waals surface area (Å²) < 4.78 is 34.7. The van der Waals surface area contributed by atoms with E-state index in [9.17, 15) is 8.78 Å². The van der Waals surface area contributed by atoms with Crippen molar-refractivity contribution in [2.24, 2.45) is 5.73 Å². The molecule has 2 rings (SSSR count). The molecule has 6 heteroatoms. The van der Waals surface area contributed by atoms with Gasteiger partial charge in [0, 0.05) is 11.6 Å². The molecule has 0 saturated carbocycles. The van der Waals surface area contributed by atoms with Crippen LogP contribution in [0.3, 0.4) is 0 Å². The van der Waals surface area contributed by atoms with Crippen molar-refractivity contribution in [3.05, 3.63) is 36.4 Å². The number of allylic oxidation sites excluding steroid dienone is 1. The number of fused-ring (bicyclic) bond motifs is 1. The van der Waals surface area contributed by atoms with Crippen LogP contribution in [-0.4, -0.2) is 6.29 Å². The Morgan fingerprint density at radius 1 is 1.39 bits per heavy atom. The zero-order valence-corrected chi connectivity index (χ0v) is 10.4. The van der Waals surface area contributed by atoms with Crippen LogP contribution in [-0.2, 0) is 0 Å². The summed E-state index contributed by atoms with van der Waals surface area (Å²) >= 11 is 0. The number of hydrogen-bond acceptors (Lipinski definition) is 3. The maximum Gasteiger partial charge on any atom is 0.586 e. The maximum absolute atomic E-state index is 12.9. The van der Waals surface area contributed by atoms with Crippen LogP contribution in [0, 0.1) is 0 Å². The molecule has 0 aliphatic carbocycles. The van der Waals surface area contributed by atoms with E-state index in [1.807, 2.05) is 0 Å². The minimum Gasteiger partial charge on any atom is -0.395 e. The van der Waals surface area contributed by atoms with Gasteiger partial charge in [-0.3, -0.25) is 0 Å². The highest BCUT2D eigenvalue weighted by atomic mass is 35.5. The van der Waals surface area contributed by atoms with Gasteiger partial charge < -0.3 is 15.2 Å². The molecule has 0 saturated heterocycles. The average molecular weight is 278 g/mol. The van der Waals surface area contributed by atoms with Gasteiger partial charge >= 0.3 is 6.29 Å². The predicted molar refractivity (Wildman–Crippen MR) is 66.3 cm³/mol. The Bertz CT molecular complexity index is 440. The van der Waals surface area contributed by atoms with Crippen LogP contribution in [0.5, 0.6) is 11.5 Å². The van der Waals surface area contributed by atoms with Gasteiger partial charge in [-0.1, -0.05) is 18.2 Å². The number of para-hydroxylation sites is 1. The van der Waals surface area contributed by atoms with E-state index < -0.39 is 6.29 Å². The van der Waals surface area contributed by atoms with Crippen LogP contribution in [0.4, 0.5) is 8.78 Å². The fraction of sp³-hybridized carbons (Fsp3) is 0.333. The largest absolute Gasteiger partial charge is 0.586 e. The Labute approximate surface area is 110 Å². The Kier molecular flexibility index (Phi) is 4.53. The highest BCUT2D eigenvalue weighted by Crippen LogP contribution is 2.45. The van der Waals surface area contributed by atoms with E-state index in [-0.39, 0.29) is 29.9 Å². The molecule has 0 bridgehead atoms. The zero-order valence-electron chi connectivity index (χ0n) is 9.57. The SMILES string of the molecule is C=CCC[C@H](N)c1cccc2c1OC(F)(F)O2.Cl. The first-order valence-electron chi connectivity index (χ1n) is 5.29. The summed E-state index contributed by atoms with van der Waals surface area (Å²) in [6.45, 7) is 3.59. The highest BCUT2D eigenvalue weighted by Gasteiger charge is 2.44. The van der Waals surface area contributed by atoms with Gasteiger partial charge in [-0.15, -0.1) is 27.8 Å².